The van der Waals surface area contributed by atoms with Gasteiger partial charge in [0.15, 0.2) is 5.65 Å². The molecule has 4 rings (SSSR count). The van der Waals surface area contributed by atoms with Gasteiger partial charge in [-0.2, -0.15) is 4.98 Å². The van der Waals surface area contributed by atoms with Gasteiger partial charge >= 0.3 is 0 Å². The molecule has 3 aromatic rings. The minimum Gasteiger partial charge on any atom is -0.474 e. The van der Waals surface area contributed by atoms with E-state index in [0.29, 0.717) is 17.9 Å². The lowest BCUT2D eigenvalue weighted by atomic mass is 10.3. The molecule has 1 saturated carbocycles. The number of ether oxygens (including phenoxy) is 1. The van der Waals surface area contributed by atoms with Gasteiger partial charge in [-0.1, -0.05) is 0 Å². The summed E-state index contributed by atoms with van der Waals surface area (Å²) in [5, 5.41) is 0. The van der Waals surface area contributed by atoms with Gasteiger partial charge in [-0.05, 0) is 50.8 Å². The lowest BCUT2D eigenvalue weighted by Gasteiger charge is -2.14. The molecule has 0 spiro atoms. The lowest BCUT2D eigenvalue weighted by molar-refractivity contribution is 0.202. The number of pyridine rings is 1. The smallest absolute Gasteiger partial charge is 0.275 e. The highest BCUT2D eigenvalue weighted by Crippen LogP contribution is 2.24. The van der Waals surface area contributed by atoms with Crippen molar-refractivity contribution in [3.63, 3.8) is 0 Å². The first kappa shape index (κ1) is 13.4. The van der Waals surface area contributed by atoms with Crippen LogP contribution in [0.4, 0.5) is 0 Å². The van der Waals surface area contributed by atoms with Crippen LogP contribution in [-0.2, 0) is 6.54 Å². The standard InChI is InChI=1S/C17H19N3O2/c1-2-19-13-9-10-15(22-12-6-3-4-7-12)18-16(13)20-11-5-8-14(20)17(19)21/h5,8-12H,2-4,6-7H2,1H3. The molecule has 0 aromatic carbocycles. The highest BCUT2D eigenvalue weighted by atomic mass is 16.5. The molecule has 0 saturated heterocycles. The molecule has 0 atom stereocenters. The van der Waals surface area contributed by atoms with Crippen molar-refractivity contribution in [2.45, 2.75) is 45.3 Å². The number of nitrogens with zero attached hydrogens (tertiary/aromatic N) is 3. The van der Waals surface area contributed by atoms with Crippen LogP contribution in [0.5, 0.6) is 5.88 Å². The fourth-order valence-electron chi connectivity index (χ4n) is 3.36. The van der Waals surface area contributed by atoms with Gasteiger partial charge in [0.05, 0.1) is 5.52 Å². The molecule has 1 aliphatic carbocycles. The van der Waals surface area contributed by atoms with Crippen molar-refractivity contribution in [1.29, 1.82) is 0 Å². The summed E-state index contributed by atoms with van der Waals surface area (Å²) in [4.78, 5) is 17.2. The van der Waals surface area contributed by atoms with Gasteiger partial charge in [-0.25, -0.2) is 0 Å². The third-order valence-corrected chi connectivity index (χ3v) is 4.47. The minimum atomic E-state index is 0.0197. The van der Waals surface area contributed by atoms with Crippen LogP contribution in [0, 0.1) is 0 Å². The van der Waals surface area contributed by atoms with Crippen LogP contribution in [0.3, 0.4) is 0 Å². The van der Waals surface area contributed by atoms with E-state index >= 15 is 0 Å². The third-order valence-electron chi connectivity index (χ3n) is 4.47. The van der Waals surface area contributed by atoms with E-state index in [1.54, 1.807) is 4.57 Å². The molecule has 0 amide bonds. The Morgan fingerprint density at radius 2 is 2.05 bits per heavy atom. The first-order valence-electron chi connectivity index (χ1n) is 7.95. The van der Waals surface area contributed by atoms with Crippen molar-refractivity contribution in [2.75, 3.05) is 0 Å². The highest BCUT2D eigenvalue weighted by molar-refractivity contribution is 5.75. The summed E-state index contributed by atoms with van der Waals surface area (Å²) < 4.78 is 9.61. The molecule has 5 heteroatoms. The first-order chi connectivity index (χ1) is 10.8. The lowest BCUT2D eigenvalue weighted by Crippen LogP contribution is -2.22. The van der Waals surface area contributed by atoms with Crippen molar-refractivity contribution in [2.24, 2.45) is 0 Å². The zero-order valence-electron chi connectivity index (χ0n) is 12.7. The second-order valence-corrected chi connectivity index (χ2v) is 5.83. The maximum atomic E-state index is 12.5. The Morgan fingerprint density at radius 3 is 2.82 bits per heavy atom. The second-order valence-electron chi connectivity index (χ2n) is 5.83. The summed E-state index contributed by atoms with van der Waals surface area (Å²) in [6, 6.07) is 7.53. The number of fused-ring (bicyclic) bond motifs is 3. The molecule has 5 nitrogen and oxygen atoms in total. The predicted octanol–water partition coefficient (Wildman–Crippen LogP) is 2.99. The van der Waals surface area contributed by atoms with Crippen LogP contribution in [0.15, 0.2) is 35.3 Å². The van der Waals surface area contributed by atoms with Gasteiger partial charge in [0.25, 0.3) is 5.56 Å². The largest absolute Gasteiger partial charge is 0.474 e. The van der Waals surface area contributed by atoms with Crippen LogP contribution in [-0.4, -0.2) is 20.1 Å². The summed E-state index contributed by atoms with van der Waals surface area (Å²) in [7, 11) is 0. The van der Waals surface area contributed by atoms with Crippen molar-refractivity contribution in [1.82, 2.24) is 14.0 Å². The molecule has 1 fully saturated rings. The van der Waals surface area contributed by atoms with E-state index < -0.39 is 0 Å². The van der Waals surface area contributed by atoms with Crippen LogP contribution < -0.4 is 10.3 Å². The van der Waals surface area contributed by atoms with E-state index in [0.717, 1.165) is 24.0 Å². The van der Waals surface area contributed by atoms with Crippen LogP contribution in [0.2, 0.25) is 0 Å². The fraction of sp³-hybridized carbons (Fsp3) is 0.412. The van der Waals surface area contributed by atoms with E-state index in [4.69, 9.17) is 4.74 Å². The van der Waals surface area contributed by atoms with Gasteiger partial charge in [-0.3, -0.25) is 9.20 Å². The summed E-state index contributed by atoms with van der Waals surface area (Å²) in [5.41, 5.74) is 2.29. The Balaban J connectivity index is 1.90. The monoisotopic (exact) mass is 297 g/mol. The highest BCUT2D eigenvalue weighted by Gasteiger charge is 2.18. The van der Waals surface area contributed by atoms with E-state index in [2.05, 4.69) is 4.98 Å². The SMILES string of the molecule is CCn1c(=O)c2cccn2c2nc(OC3CCCC3)ccc21. The Kier molecular flexibility index (Phi) is 3.13. The van der Waals surface area contributed by atoms with Crippen molar-refractivity contribution < 1.29 is 4.74 Å². The maximum absolute atomic E-state index is 12.5. The molecule has 0 bridgehead atoms. The summed E-state index contributed by atoms with van der Waals surface area (Å²) in [6.07, 6.45) is 6.83. The van der Waals surface area contributed by atoms with Crippen LogP contribution in [0.25, 0.3) is 16.7 Å². The number of hydrogen-bond acceptors (Lipinski definition) is 3. The molecule has 0 N–H and O–H groups in total. The third kappa shape index (κ3) is 2.00. The predicted molar refractivity (Wildman–Crippen MR) is 85.5 cm³/mol. The molecule has 0 radical (unpaired) electrons. The van der Waals surface area contributed by atoms with Gasteiger partial charge < -0.3 is 9.30 Å². The first-order valence-corrected chi connectivity index (χ1v) is 7.95. The van der Waals surface area contributed by atoms with Gasteiger partial charge in [0.2, 0.25) is 5.88 Å². The van der Waals surface area contributed by atoms with E-state index in [-0.39, 0.29) is 11.7 Å². The normalized spacial score (nSPS) is 15.9. The zero-order chi connectivity index (χ0) is 15.1. The van der Waals surface area contributed by atoms with Crippen molar-refractivity contribution in [3.8, 4) is 5.88 Å². The number of aryl methyl sites for hydroxylation is 1. The van der Waals surface area contributed by atoms with Crippen LogP contribution in [0.1, 0.15) is 32.6 Å². The van der Waals surface area contributed by atoms with Gasteiger partial charge in [0.1, 0.15) is 11.6 Å². The molecule has 3 heterocycles. The van der Waals surface area contributed by atoms with Crippen LogP contribution >= 0.6 is 0 Å². The Bertz CT molecular complexity index is 888. The minimum absolute atomic E-state index is 0.0197. The number of rotatable bonds is 3. The Morgan fingerprint density at radius 1 is 1.23 bits per heavy atom. The summed E-state index contributed by atoms with van der Waals surface area (Å²) >= 11 is 0. The molecular formula is C17H19N3O2. The number of aromatic nitrogens is 3. The average Bonchev–Trinajstić information content (AvgIpc) is 3.19. The van der Waals surface area contributed by atoms with E-state index in [1.165, 1.54) is 12.8 Å². The van der Waals surface area contributed by atoms with Gasteiger partial charge in [-0.15, -0.1) is 0 Å². The molecule has 22 heavy (non-hydrogen) atoms. The summed E-state index contributed by atoms with van der Waals surface area (Å²) in [6.45, 7) is 2.60. The molecular weight excluding hydrogens is 278 g/mol. The molecule has 0 unspecified atom stereocenters. The average molecular weight is 297 g/mol. The Labute approximate surface area is 128 Å². The molecule has 0 aliphatic heterocycles. The quantitative estimate of drug-likeness (QED) is 0.746. The topological polar surface area (TPSA) is 48.5 Å². The zero-order valence-corrected chi connectivity index (χ0v) is 12.7. The number of hydrogen-bond donors (Lipinski definition) is 0. The van der Waals surface area contributed by atoms with E-state index in [9.17, 15) is 4.79 Å². The molecule has 114 valence electrons. The van der Waals surface area contributed by atoms with Crippen molar-refractivity contribution >= 4 is 16.7 Å². The van der Waals surface area contributed by atoms with E-state index in [1.807, 2.05) is 41.8 Å². The molecule has 1 aliphatic rings. The fourth-order valence-corrected chi connectivity index (χ4v) is 3.36. The second kappa shape index (κ2) is 5.16. The van der Waals surface area contributed by atoms with Gasteiger partial charge in [0, 0.05) is 18.8 Å². The van der Waals surface area contributed by atoms with Crippen molar-refractivity contribution in [3.05, 3.63) is 40.8 Å². The Hall–Kier alpha value is -2.30. The molecule has 3 aromatic heterocycles. The summed E-state index contributed by atoms with van der Waals surface area (Å²) in [5.74, 6) is 0.649. The maximum Gasteiger partial charge on any atom is 0.275 e.